The summed E-state index contributed by atoms with van der Waals surface area (Å²) in [5.41, 5.74) is 0. The SMILES string of the molecule is O.O=S(=O)(O)O.[H-].[H-].[Mg+2]. The third-order valence-electron chi connectivity index (χ3n) is 0. The van der Waals surface area contributed by atoms with Crippen molar-refractivity contribution in [1.29, 1.82) is 0 Å². The van der Waals surface area contributed by atoms with E-state index in [4.69, 9.17) is 17.5 Å². The van der Waals surface area contributed by atoms with Crippen molar-refractivity contribution in [3.8, 4) is 0 Å². The van der Waals surface area contributed by atoms with Crippen molar-refractivity contribution in [2.75, 3.05) is 0 Å². The van der Waals surface area contributed by atoms with Gasteiger partial charge in [-0.2, -0.15) is 8.42 Å². The van der Waals surface area contributed by atoms with Crippen molar-refractivity contribution in [2.45, 2.75) is 0 Å². The zero-order valence-corrected chi connectivity index (χ0v) is 5.56. The quantitative estimate of drug-likeness (QED) is 0.313. The topological polar surface area (TPSA) is 106 Å². The van der Waals surface area contributed by atoms with Gasteiger partial charge in [0.2, 0.25) is 0 Å². The molecule has 0 saturated carbocycles. The molecule has 0 aliphatic carbocycles. The van der Waals surface area contributed by atoms with E-state index in [9.17, 15) is 0 Å². The Hall–Kier alpha value is 0.596. The van der Waals surface area contributed by atoms with E-state index in [1.54, 1.807) is 0 Å². The van der Waals surface area contributed by atoms with Crippen LogP contribution in [0.2, 0.25) is 0 Å². The summed E-state index contributed by atoms with van der Waals surface area (Å²) in [7, 11) is -4.67. The van der Waals surface area contributed by atoms with Gasteiger partial charge in [-0.1, -0.05) is 0 Å². The summed E-state index contributed by atoms with van der Waals surface area (Å²) in [6.45, 7) is 0. The maximum atomic E-state index is 8.74. The van der Waals surface area contributed by atoms with Gasteiger partial charge in [-0.15, -0.1) is 0 Å². The summed E-state index contributed by atoms with van der Waals surface area (Å²) < 4.78 is 31.6. The molecule has 0 saturated heterocycles. The van der Waals surface area contributed by atoms with Gasteiger partial charge in [-0.3, -0.25) is 9.11 Å². The molecule has 0 aliphatic rings. The van der Waals surface area contributed by atoms with Crippen molar-refractivity contribution >= 4 is 33.5 Å². The van der Waals surface area contributed by atoms with E-state index in [0.717, 1.165) is 0 Å². The first-order chi connectivity index (χ1) is 2.00. The molecule has 0 fully saturated rings. The van der Waals surface area contributed by atoms with Crippen LogP contribution in [0.4, 0.5) is 0 Å². The summed E-state index contributed by atoms with van der Waals surface area (Å²) in [6, 6.07) is 0. The van der Waals surface area contributed by atoms with Crippen LogP contribution < -0.4 is 0 Å². The molecule has 5 nitrogen and oxygen atoms in total. The van der Waals surface area contributed by atoms with Crippen LogP contribution in [0.5, 0.6) is 0 Å². The molecule has 0 amide bonds. The third kappa shape index (κ3) is 392. The Morgan fingerprint density at radius 2 is 1.29 bits per heavy atom. The fraction of sp³-hybridized carbons (Fsp3) is 0. The summed E-state index contributed by atoms with van der Waals surface area (Å²) in [6.07, 6.45) is 0. The molecular weight excluding hydrogens is 136 g/mol. The summed E-state index contributed by atoms with van der Waals surface area (Å²) >= 11 is 0. The monoisotopic (exact) mass is 142 g/mol. The fourth-order valence-corrected chi connectivity index (χ4v) is 0. The first-order valence-corrected chi connectivity index (χ1v) is 2.10. The molecule has 4 N–H and O–H groups in total. The molecular formula is H6MgO5S. The van der Waals surface area contributed by atoms with Crippen LogP contribution in [0.3, 0.4) is 0 Å². The predicted octanol–water partition coefficient (Wildman–Crippen LogP) is -1.63. The Bertz CT molecular complexity index is 98.1. The van der Waals surface area contributed by atoms with Gasteiger partial charge in [-0.25, -0.2) is 0 Å². The number of hydrogen-bond donors (Lipinski definition) is 2. The zero-order chi connectivity index (χ0) is 4.50. The van der Waals surface area contributed by atoms with E-state index >= 15 is 0 Å². The van der Waals surface area contributed by atoms with Gasteiger partial charge < -0.3 is 8.33 Å². The van der Waals surface area contributed by atoms with E-state index in [0.29, 0.717) is 0 Å². The van der Waals surface area contributed by atoms with Crippen LogP contribution in [0.1, 0.15) is 2.85 Å². The molecule has 44 valence electrons. The first kappa shape index (κ1) is 15.6. The second-order valence-electron chi connectivity index (χ2n) is 0.448. The zero-order valence-electron chi connectivity index (χ0n) is 5.33. The van der Waals surface area contributed by atoms with Crippen LogP contribution in [0, 0.1) is 0 Å². The largest absolute Gasteiger partial charge is 2.00 e. The van der Waals surface area contributed by atoms with E-state index in [1.165, 1.54) is 0 Å². The molecule has 0 spiro atoms. The maximum Gasteiger partial charge on any atom is 2.00 e. The summed E-state index contributed by atoms with van der Waals surface area (Å²) in [5, 5.41) is 0. The summed E-state index contributed by atoms with van der Waals surface area (Å²) in [5.74, 6) is 0. The molecule has 0 atom stereocenters. The standard InChI is InChI=1S/Mg.H2O4S.H2O.2H/c;1-5(2,3)4;;;/h;(H2,1,2,3,4);1H2;;/q+2;;;2*-1. The molecule has 7 heteroatoms. The second-order valence-corrected chi connectivity index (χ2v) is 1.34. The van der Waals surface area contributed by atoms with Crippen LogP contribution >= 0.6 is 0 Å². The Labute approximate surface area is 59.7 Å². The second kappa shape index (κ2) is 4.75. The minimum atomic E-state index is -4.67. The molecule has 0 rings (SSSR count). The number of hydrogen-bond acceptors (Lipinski definition) is 2. The Balaban J connectivity index is -0.0000000133. The van der Waals surface area contributed by atoms with Gasteiger partial charge in [0.15, 0.2) is 0 Å². The molecule has 0 aromatic heterocycles. The average Bonchev–Trinajstić information content (AvgIpc) is 0.722. The minimum absolute atomic E-state index is 0. The molecule has 0 unspecified atom stereocenters. The summed E-state index contributed by atoms with van der Waals surface area (Å²) in [4.78, 5) is 0. The van der Waals surface area contributed by atoms with Crippen molar-refractivity contribution in [2.24, 2.45) is 0 Å². The molecule has 7 heavy (non-hydrogen) atoms. The Kier molecular flexibility index (Phi) is 10.6. The van der Waals surface area contributed by atoms with Gasteiger partial charge in [0, 0.05) is 0 Å². The predicted molar refractivity (Wildman–Crippen MR) is 25.8 cm³/mol. The molecule has 0 bridgehead atoms. The molecule has 0 aliphatic heterocycles. The Morgan fingerprint density at radius 3 is 1.29 bits per heavy atom. The average molecular weight is 142 g/mol. The van der Waals surface area contributed by atoms with Gasteiger partial charge in [0.1, 0.15) is 0 Å². The molecule has 0 aromatic rings. The van der Waals surface area contributed by atoms with E-state index in [2.05, 4.69) is 0 Å². The number of rotatable bonds is 0. The van der Waals surface area contributed by atoms with Crippen molar-refractivity contribution < 1.29 is 25.9 Å². The molecule has 0 radical (unpaired) electrons. The molecule has 0 heterocycles. The normalized spacial score (nSPS) is 8.29. The van der Waals surface area contributed by atoms with E-state index < -0.39 is 10.4 Å². The van der Waals surface area contributed by atoms with Gasteiger partial charge >= 0.3 is 33.5 Å². The van der Waals surface area contributed by atoms with Crippen LogP contribution in [-0.2, 0) is 10.4 Å². The molecule has 0 aromatic carbocycles. The van der Waals surface area contributed by atoms with Crippen LogP contribution in [0.15, 0.2) is 0 Å². The van der Waals surface area contributed by atoms with Crippen molar-refractivity contribution in [3.05, 3.63) is 0 Å². The van der Waals surface area contributed by atoms with Crippen LogP contribution in [0.25, 0.3) is 0 Å². The van der Waals surface area contributed by atoms with E-state index in [1.807, 2.05) is 0 Å². The van der Waals surface area contributed by atoms with Crippen molar-refractivity contribution in [3.63, 3.8) is 0 Å². The van der Waals surface area contributed by atoms with Crippen LogP contribution in [-0.4, -0.2) is 46.1 Å². The Morgan fingerprint density at radius 1 is 1.29 bits per heavy atom. The van der Waals surface area contributed by atoms with Gasteiger partial charge in [0.25, 0.3) is 0 Å². The fourth-order valence-electron chi connectivity index (χ4n) is 0. The first-order valence-electron chi connectivity index (χ1n) is 0.698. The smallest absolute Gasteiger partial charge is 1.00 e. The third-order valence-corrected chi connectivity index (χ3v) is 0. The van der Waals surface area contributed by atoms with E-state index in [-0.39, 0.29) is 31.4 Å². The minimum Gasteiger partial charge on any atom is -1.00 e. The van der Waals surface area contributed by atoms with Crippen molar-refractivity contribution in [1.82, 2.24) is 0 Å². The van der Waals surface area contributed by atoms with Gasteiger partial charge in [-0.05, 0) is 0 Å². The van der Waals surface area contributed by atoms with Gasteiger partial charge in [0.05, 0.1) is 0 Å². The maximum absolute atomic E-state index is 8.74.